The standard InChI is InChI=1S/C33H34N6O5/c1-5-7-14-27-31(35-29-25(33(41)42)13-10-15-26(29)34-27)43-22-18-16-21(17-19-22)23-11-8-9-12-24(23)30-36-38-39(37-30)32(20(3)4)44-28(40)6-2/h8-13,15-20,32H,5-7,14H2,1-4H3,(H,41,42). The van der Waals surface area contributed by atoms with Gasteiger partial charge in [0, 0.05) is 17.9 Å². The number of benzene rings is 3. The van der Waals surface area contributed by atoms with E-state index in [0.717, 1.165) is 29.5 Å². The number of aryl methyl sites for hydroxylation is 1. The molecule has 0 amide bonds. The van der Waals surface area contributed by atoms with Crippen LogP contribution in [0.2, 0.25) is 0 Å². The van der Waals surface area contributed by atoms with E-state index in [9.17, 15) is 14.7 Å². The number of hydrogen-bond donors (Lipinski definition) is 1. The third-order valence-corrected chi connectivity index (χ3v) is 7.04. The molecule has 0 radical (unpaired) electrons. The van der Waals surface area contributed by atoms with Crippen molar-refractivity contribution in [3.8, 4) is 34.1 Å². The minimum atomic E-state index is -1.07. The molecule has 0 saturated carbocycles. The average Bonchev–Trinajstić information content (AvgIpc) is 3.52. The number of esters is 1. The Bertz CT molecular complexity index is 1780. The average molecular weight is 595 g/mol. The number of para-hydroxylation sites is 1. The number of carbonyl (C=O) groups is 2. The first kappa shape index (κ1) is 30.3. The molecule has 0 bridgehead atoms. The van der Waals surface area contributed by atoms with Crippen LogP contribution in [0.4, 0.5) is 0 Å². The molecule has 44 heavy (non-hydrogen) atoms. The van der Waals surface area contributed by atoms with Gasteiger partial charge in [0.2, 0.25) is 17.9 Å². The second-order valence-corrected chi connectivity index (χ2v) is 10.6. The Balaban J connectivity index is 1.44. The molecular weight excluding hydrogens is 560 g/mol. The van der Waals surface area contributed by atoms with Crippen LogP contribution in [0.25, 0.3) is 33.5 Å². The van der Waals surface area contributed by atoms with Crippen LogP contribution in [0.3, 0.4) is 0 Å². The maximum absolute atomic E-state index is 12.0. The number of ether oxygens (including phenoxy) is 2. The molecule has 0 fully saturated rings. The first-order valence-electron chi connectivity index (χ1n) is 14.7. The molecule has 1 N–H and O–H groups in total. The quantitative estimate of drug-likeness (QED) is 0.152. The van der Waals surface area contributed by atoms with Gasteiger partial charge in [0.25, 0.3) is 0 Å². The summed E-state index contributed by atoms with van der Waals surface area (Å²) >= 11 is 0. The van der Waals surface area contributed by atoms with Crippen molar-refractivity contribution in [2.24, 2.45) is 5.92 Å². The van der Waals surface area contributed by atoms with Gasteiger partial charge in [-0.2, -0.15) is 0 Å². The Kier molecular flexibility index (Phi) is 9.23. The van der Waals surface area contributed by atoms with E-state index in [-0.39, 0.29) is 35.3 Å². The highest BCUT2D eigenvalue weighted by molar-refractivity contribution is 6.00. The monoisotopic (exact) mass is 594 g/mol. The van der Waals surface area contributed by atoms with Gasteiger partial charge in [0.05, 0.1) is 11.1 Å². The summed E-state index contributed by atoms with van der Waals surface area (Å²) in [6.45, 7) is 7.68. The summed E-state index contributed by atoms with van der Waals surface area (Å²) in [6, 6.07) is 20.1. The summed E-state index contributed by atoms with van der Waals surface area (Å²) < 4.78 is 11.8. The molecule has 0 aliphatic heterocycles. The molecule has 0 aliphatic rings. The topological polar surface area (TPSA) is 142 Å². The van der Waals surface area contributed by atoms with Crippen molar-refractivity contribution in [2.45, 2.75) is 59.6 Å². The molecule has 5 rings (SSSR count). The Morgan fingerprint density at radius 2 is 1.68 bits per heavy atom. The number of hydrogen-bond acceptors (Lipinski definition) is 9. The molecule has 5 aromatic rings. The number of unbranched alkanes of at least 4 members (excludes halogenated alkanes) is 1. The SMILES string of the molecule is CCCCc1nc2cccc(C(=O)O)c2nc1Oc1ccc(-c2ccccc2-c2nnn(C(OC(=O)CC)C(C)C)n2)cc1. The first-order chi connectivity index (χ1) is 21.3. The highest BCUT2D eigenvalue weighted by Gasteiger charge is 2.24. The lowest BCUT2D eigenvalue weighted by Gasteiger charge is -2.19. The van der Waals surface area contributed by atoms with Gasteiger partial charge in [-0.05, 0) is 53.4 Å². The molecule has 11 nitrogen and oxygen atoms in total. The second kappa shape index (κ2) is 13.4. The van der Waals surface area contributed by atoms with Gasteiger partial charge in [-0.3, -0.25) is 4.79 Å². The van der Waals surface area contributed by atoms with Crippen LogP contribution in [0, 0.1) is 5.92 Å². The maximum atomic E-state index is 12.0. The Morgan fingerprint density at radius 1 is 0.932 bits per heavy atom. The molecule has 0 aliphatic carbocycles. The minimum Gasteiger partial charge on any atom is -0.478 e. The van der Waals surface area contributed by atoms with Crippen LogP contribution in [-0.4, -0.2) is 47.2 Å². The van der Waals surface area contributed by atoms with E-state index in [1.165, 1.54) is 10.9 Å². The number of rotatable bonds is 12. The highest BCUT2D eigenvalue weighted by atomic mass is 16.6. The number of tetrazole rings is 1. The Morgan fingerprint density at radius 3 is 2.36 bits per heavy atom. The van der Waals surface area contributed by atoms with Gasteiger partial charge in [0.1, 0.15) is 17.0 Å². The van der Waals surface area contributed by atoms with Gasteiger partial charge in [-0.15, -0.1) is 15.0 Å². The number of carboxylic acid groups (broad SMARTS) is 1. The lowest BCUT2D eigenvalue weighted by Crippen LogP contribution is -2.24. The predicted octanol–water partition coefficient (Wildman–Crippen LogP) is 6.89. The zero-order chi connectivity index (χ0) is 31.2. The van der Waals surface area contributed by atoms with Gasteiger partial charge < -0.3 is 14.6 Å². The van der Waals surface area contributed by atoms with E-state index in [4.69, 9.17) is 14.5 Å². The van der Waals surface area contributed by atoms with Crippen LogP contribution < -0.4 is 4.74 Å². The Hall–Kier alpha value is -5.19. The van der Waals surface area contributed by atoms with E-state index >= 15 is 0 Å². The zero-order valence-electron chi connectivity index (χ0n) is 25.1. The number of carbonyl (C=O) groups excluding carboxylic acids is 1. The van der Waals surface area contributed by atoms with Crippen molar-refractivity contribution in [1.29, 1.82) is 0 Å². The number of nitrogens with zero attached hydrogens (tertiary/aromatic N) is 6. The van der Waals surface area contributed by atoms with Crippen molar-refractivity contribution in [3.63, 3.8) is 0 Å². The third-order valence-electron chi connectivity index (χ3n) is 7.04. The van der Waals surface area contributed by atoms with E-state index in [2.05, 4.69) is 27.3 Å². The van der Waals surface area contributed by atoms with Gasteiger partial charge in [0.15, 0.2) is 0 Å². The van der Waals surface area contributed by atoms with Crippen molar-refractivity contribution < 1.29 is 24.2 Å². The summed E-state index contributed by atoms with van der Waals surface area (Å²) in [6.07, 6.45) is 2.10. The van der Waals surface area contributed by atoms with Gasteiger partial charge in [-0.1, -0.05) is 76.6 Å². The lowest BCUT2D eigenvalue weighted by molar-refractivity contribution is -0.159. The fraction of sp³-hybridized carbons (Fsp3) is 0.303. The van der Waals surface area contributed by atoms with Crippen molar-refractivity contribution in [3.05, 3.63) is 78.0 Å². The molecular formula is C33H34N6O5. The molecule has 3 aromatic carbocycles. The van der Waals surface area contributed by atoms with E-state index in [0.29, 0.717) is 29.2 Å². The first-order valence-corrected chi connectivity index (χ1v) is 14.7. The molecule has 0 spiro atoms. The van der Waals surface area contributed by atoms with E-state index in [1.807, 2.05) is 62.4 Å². The molecule has 0 saturated heterocycles. The fourth-order valence-electron chi connectivity index (χ4n) is 4.71. The minimum absolute atomic E-state index is 0.0548. The molecule has 11 heteroatoms. The summed E-state index contributed by atoms with van der Waals surface area (Å²) in [7, 11) is 0. The Labute approximate surface area is 254 Å². The second-order valence-electron chi connectivity index (χ2n) is 10.6. The zero-order valence-corrected chi connectivity index (χ0v) is 25.1. The lowest BCUT2D eigenvalue weighted by atomic mass is 9.99. The van der Waals surface area contributed by atoms with Crippen molar-refractivity contribution in [2.75, 3.05) is 0 Å². The molecule has 226 valence electrons. The van der Waals surface area contributed by atoms with Crippen LogP contribution in [0.5, 0.6) is 11.6 Å². The molecule has 2 aromatic heterocycles. The van der Waals surface area contributed by atoms with Gasteiger partial charge >= 0.3 is 11.9 Å². The van der Waals surface area contributed by atoms with E-state index < -0.39 is 12.2 Å². The highest BCUT2D eigenvalue weighted by Crippen LogP contribution is 2.33. The van der Waals surface area contributed by atoms with Crippen LogP contribution in [-0.2, 0) is 16.0 Å². The summed E-state index contributed by atoms with van der Waals surface area (Å²) in [5, 5.41) is 22.7. The smallest absolute Gasteiger partial charge is 0.337 e. The van der Waals surface area contributed by atoms with Crippen LogP contribution in [0.15, 0.2) is 66.7 Å². The number of fused-ring (bicyclic) bond motifs is 1. The molecule has 1 unspecified atom stereocenters. The molecule has 2 heterocycles. The molecule has 1 atom stereocenters. The van der Waals surface area contributed by atoms with Crippen LogP contribution >= 0.6 is 0 Å². The summed E-state index contributed by atoms with van der Waals surface area (Å²) in [5.74, 6) is -0.235. The fourth-order valence-corrected chi connectivity index (χ4v) is 4.71. The van der Waals surface area contributed by atoms with Gasteiger partial charge in [-0.25, -0.2) is 14.8 Å². The summed E-state index contributed by atoms with van der Waals surface area (Å²) in [4.78, 5) is 34.5. The maximum Gasteiger partial charge on any atom is 0.337 e. The van der Waals surface area contributed by atoms with Crippen LogP contribution in [0.1, 0.15) is 69.2 Å². The normalized spacial score (nSPS) is 11.9. The number of aromatic nitrogens is 6. The largest absolute Gasteiger partial charge is 0.478 e. The number of aromatic carboxylic acids is 1. The van der Waals surface area contributed by atoms with Crippen molar-refractivity contribution in [1.82, 2.24) is 30.2 Å². The summed E-state index contributed by atoms with van der Waals surface area (Å²) in [5.41, 5.74) is 4.09. The predicted molar refractivity (Wildman–Crippen MR) is 164 cm³/mol. The number of carboxylic acids is 1. The third kappa shape index (κ3) is 6.56. The van der Waals surface area contributed by atoms with Crippen molar-refractivity contribution >= 4 is 23.0 Å². The van der Waals surface area contributed by atoms with E-state index in [1.54, 1.807) is 19.1 Å².